The van der Waals surface area contributed by atoms with Crippen molar-refractivity contribution in [3.05, 3.63) is 27.8 Å². The molecule has 80 valence electrons. The molecular formula is C10H12ClN3S. The second-order valence-electron chi connectivity index (χ2n) is 3.28. The molecule has 0 aromatic carbocycles. The van der Waals surface area contributed by atoms with Crippen molar-refractivity contribution in [2.75, 3.05) is 6.54 Å². The Morgan fingerprint density at radius 3 is 3.07 bits per heavy atom. The van der Waals surface area contributed by atoms with Gasteiger partial charge in [-0.05, 0) is 19.0 Å². The van der Waals surface area contributed by atoms with E-state index in [-0.39, 0.29) is 0 Å². The lowest BCUT2D eigenvalue weighted by Crippen LogP contribution is -2.01. The van der Waals surface area contributed by atoms with E-state index in [4.69, 9.17) is 17.3 Å². The zero-order valence-electron chi connectivity index (χ0n) is 8.16. The Balaban J connectivity index is 2.13. The van der Waals surface area contributed by atoms with Crippen LogP contribution >= 0.6 is 22.9 Å². The fraction of sp³-hybridized carbons (Fsp3) is 0.300. The summed E-state index contributed by atoms with van der Waals surface area (Å²) in [7, 11) is 0. The number of H-pyrrole nitrogens is 1. The van der Waals surface area contributed by atoms with Crippen molar-refractivity contribution in [2.45, 2.75) is 12.8 Å². The molecule has 5 heteroatoms. The minimum Gasteiger partial charge on any atom is -0.342 e. The third-order valence-electron chi connectivity index (χ3n) is 2.12. The molecule has 2 aromatic heterocycles. The van der Waals surface area contributed by atoms with Gasteiger partial charge >= 0.3 is 0 Å². The van der Waals surface area contributed by atoms with Crippen LogP contribution in [0.1, 0.15) is 12.2 Å². The van der Waals surface area contributed by atoms with Crippen molar-refractivity contribution < 1.29 is 0 Å². The van der Waals surface area contributed by atoms with E-state index in [0.717, 1.165) is 34.3 Å². The molecule has 0 unspecified atom stereocenters. The number of thiophene rings is 1. The van der Waals surface area contributed by atoms with Gasteiger partial charge in [-0.2, -0.15) is 0 Å². The molecular weight excluding hydrogens is 230 g/mol. The molecule has 0 amide bonds. The summed E-state index contributed by atoms with van der Waals surface area (Å²) in [4.78, 5) is 7.55. The van der Waals surface area contributed by atoms with Crippen LogP contribution in [0.2, 0.25) is 4.34 Å². The van der Waals surface area contributed by atoms with Crippen LogP contribution in [0.25, 0.3) is 11.3 Å². The average molecular weight is 242 g/mol. The highest BCUT2D eigenvalue weighted by molar-refractivity contribution is 7.14. The molecule has 15 heavy (non-hydrogen) atoms. The van der Waals surface area contributed by atoms with E-state index in [1.165, 1.54) is 11.3 Å². The number of hydrogen-bond donors (Lipinski definition) is 2. The molecule has 0 bridgehead atoms. The smallest absolute Gasteiger partial charge is 0.106 e. The Kier molecular flexibility index (Phi) is 3.41. The molecule has 2 aromatic rings. The summed E-state index contributed by atoms with van der Waals surface area (Å²) in [5, 5.41) is 2.02. The number of nitrogens with zero attached hydrogens (tertiary/aromatic N) is 1. The molecule has 3 N–H and O–H groups in total. The summed E-state index contributed by atoms with van der Waals surface area (Å²) in [6.07, 6.45) is 3.69. The van der Waals surface area contributed by atoms with Crippen LogP contribution in [0, 0.1) is 0 Å². The Morgan fingerprint density at radius 1 is 1.53 bits per heavy atom. The monoisotopic (exact) mass is 241 g/mol. The maximum atomic E-state index is 5.87. The van der Waals surface area contributed by atoms with Gasteiger partial charge in [-0.1, -0.05) is 11.6 Å². The normalized spacial score (nSPS) is 10.8. The van der Waals surface area contributed by atoms with Gasteiger partial charge in [-0.3, -0.25) is 0 Å². The predicted molar refractivity (Wildman–Crippen MR) is 64.3 cm³/mol. The second-order valence-corrected chi connectivity index (χ2v) is 4.82. The Bertz CT molecular complexity index is 435. The summed E-state index contributed by atoms with van der Waals surface area (Å²) in [5.74, 6) is 0.984. The second kappa shape index (κ2) is 4.79. The van der Waals surface area contributed by atoms with Gasteiger partial charge in [-0.15, -0.1) is 11.3 Å². The largest absolute Gasteiger partial charge is 0.342 e. The quantitative estimate of drug-likeness (QED) is 0.865. The Morgan fingerprint density at radius 2 is 2.40 bits per heavy atom. The number of aromatic amines is 1. The zero-order valence-corrected chi connectivity index (χ0v) is 9.74. The van der Waals surface area contributed by atoms with Gasteiger partial charge in [0.25, 0.3) is 0 Å². The Labute approximate surface area is 97.3 Å². The van der Waals surface area contributed by atoms with Crippen LogP contribution < -0.4 is 5.73 Å². The standard InChI is InChI=1S/C10H12ClN3S/c11-9-4-7(6-15-9)8-5-13-10(14-8)2-1-3-12/h4-6H,1-3,12H2,(H,13,14). The van der Waals surface area contributed by atoms with Gasteiger partial charge < -0.3 is 10.7 Å². The minimum absolute atomic E-state index is 0.695. The first-order valence-corrected chi connectivity index (χ1v) is 6.03. The van der Waals surface area contributed by atoms with Crippen molar-refractivity contribution in [1.82, 2.24) is 9.97 Å². The van der Waals surface area contributed by atoms with Gasteiger partial charge in [0, 0.05) is 17.4 Å². The highest BCUT2D eigenvalue weighted by atomic mass is 35.5. The summed E-state index contributed by atoms with van der Waals surface area (Å²) in [6.45, 7) is 0.695. The van der Waals surface area contributed by atoms with E-state index in [2.05, 4.69) is 9.97 Å². The molecule has 0 atom stereocenters. The lowest BCUT2D eigenvalue weighted by molar-refractivity contribution is 0.794. The molecule has 0 saturated heterocycles. The third kappa shape index (κ3) is 2.59. The molecule has 2 heterocycles. The number of aryl methyl sites for hydroxylation is 1. The van der Waals surface area contributed by atoms with Crippen LogP contribution in [0.15, 0.2) is 17.6 Å². The first-order chi connectivity index (χ1) is 7.29. The van der Waals surface area contributed by atoms with Crippen LogP contribution in [0.4, 0.5) is 0 Å². The van der Waals surface area contributed by atoms with Crippen molar-refractivity contribution in [2.24, 2.45) is 5.73 Å². The highest BCUT2D eigenvalue weighted by Gasteiger charge is 2.04. The van der Waals surface area contributed by atoms with Crippen molar-refractivity contribution >= 4 is 22.9 Å². The summed E-state index contributed by atoms with van der Waals surface area (Å²) >= 11 is 7.39. The summed E-state index contributed by atoms with van der Waals surface area (Å²) < 4.78 is 0.795. The predicted octanol–water partition coefficient (Wildman–Crippen LogP) is 2.68. The number of aromatic nitrogens is 2. The van der Waals surface area contributed by atoms with Crippen LogP contribution in [-0.2, 0) is 6.42 Å². The Hall–Kier alpha value is -0.840. The van der Waals surface area contributed by atoms with E-state index in [0.29, 0.717) is 6.54 Å². The number of rotatable bonds is 4. The molecule has 0 aliphatic rings. The molecule has 3 nitrogen and oxygen atoms in total. The lowest BCUT2D eigenvalue weighted by atomic mass is 10.3. The average Bonchev–Trinajstić information content (AvgIpc) is 2.83. The van der Waals surface area contributed by atoms with Gasteiger partial charge in [0.05, 0.1) is 16.2 Å². The first-order valence-electron chi connectivity index (χ1n) is 4.78. The van der Waals surface area contributed by atoms with Gasteiger partial charge in [0.15, 0.2) is 0 Å². The molecule has 0 saturated carbocycles. The van der Waals surface area contributed by atoms with Crippen LogP contribution in [0.5, 0.6) is 0 Å². The van der Waals surface area contributed by atoms with Gasteiger partial charge in [0.2, 0.25) is 0 Å². The molecule has 0 fully saturated rings. The SMILES string of the molecule is NCCCc1ncc(-c2csc(Cl)c2)[nH]1. The number of nitrogens with one attached hydrogen (secondary N) is 1. The van der Waals surface area contributed by atoms with E-state index in [1.807, 2.05) is 17.6 Å². The first kappa shape index (κ1) is 10.7. The van der Waals surface area contributed by atoms with E-state index in [9.17, 15) is 0 Å². The maximum absolute atomic E-state index is 5.87. The van der Waals surface area contributed by atoms with E-state index < -0.39 is 0 Å². The van der Waals surface area contributed by atoms with Crippen molar-refractivity contribution in [3.8, 4) is 11.3 Å². The lowest BCUT2D eigenvalue weighted by Gasteiger charge is -1.93. The van der Waals surface area contributed by atoms with Gasteiger partial charge in [0.1, 0.15) is 5.82 Å². The number of hydrogen-bond acceptors (Lipinski definition) is 3. The highest BCUT2D eigenvalue weighted by Crippen LogP contribution is 2.27. The van der Waals surface area contributed by atoms with E-state index in [1.54, 1.807) is 0 Å². The van der Waals surface area contributed by atoms with Gasteiger partial charge in [-0.25, -0.2) is 4.98 Å². The van der Waals surface area contributed by atoms with Crippen molar-refractivity contribution in [3.63, 3.8) is 0 Å². The molecule has 0 spiro atoms. The van der Waals surface area contributed by atoms with Crippen LogP contribution in [-0.4, -0.2) is 16.5 Å². The summed E-state index contributed by atoms with van der Waals surface area (Å²) in [5.41, 5.74) is 7.55. The minimum atomic E-state index is 0.695. The molecule has 2 rings (SSSR count). The topological polar surface area (TPSA) is 54.7 Å². The maximum Gasteiger partial charge on any atom is 0.106 e. The van der Waals surface area contributed by atoms with E-state index >= 15 is 0 Å². The number of imidazole rings is 1. The molecule has 0 aliphatic carbocycles. The van der Waals surface area contributed by atoms with Crippen LogP contribution in [0.3, 0.4) is 0 Å². The fourth-order valence-corrected chi connectivity index (χ4v) is 2.24. The molecule has 0 radical (unpaired) electrons. The van der Waals surface area contributed by atoms with Crippen molar-refractivity contribution in [1.29, 1.82) is 0 Å². The number of halogens is 1. The summed E-state index contributed by atoms with van der Waals surface area (Å²) in [6, 6.07) is 1.94. The fourth-order valence-electron chi connectivity index (χ4n) is 1.36. The zero-order chi connectivity index (χ0) is 10.7. The number of nitrogens with two attached hydrogens (primary N) is 1. The molecule has 0 aliphatic heterocycles. The third-order valence-corrected chi connectivity index (χ3v) is 3.22.